The number of halogens is 10. The lowest BCUT2D eigenvalue weighted by Crippen LogP contribution is -2.29. The second-order valence-electron chi connectivity index (χ2n) is 29.7. The van der Waals surface area contributed by atoms with Gasteiger partial charge in [0.1, 0.15) is 58.0 Å². The van der Waals surface area contributed by atoms with Crippen molar-refractivity contribution in [2.24, 2.45) is 0 Å². The van der Waals surface area contributed by atoms with Gasteiger partial charge in [0, 0.05) is 92.3 Å². The number of hydrogen-bond donors (Lipinski definition) is 12. The summed E-state index contributed by atoms with van der Waals surface area (Å²) in [6, 6.07) is 53.2. The number of nitrogens with zero attached hydrogens (tertiary/aromatic N) is 12. The molecule has 12 N–H and O–H groups in total. The van der Waals surface area contributed by atoms with Crippen molar-refractivity contribution in [3.8, 4) is 90.4 Å². The molecule has 0 aliphatic heterocycles. The Morgan fingerprint density at radius 2 is 0.574 bits per heavy atom. The molecule has 40 heteroatoms. The molecule has 0 aliphatic rings. The van der Waals surface area contributed by atoms with E-state index in [0.717, 1.165) is 95.6 Å². The number of para-hydroxylation sites is 1. The molecule has 30 nitrogen and oxygen atoms in total. The number of methoxy groups -OCH3 is 2. The molecule has 8 aromatic heterocycles. The van der Waals surface area contributed by atoms with Crippen LogP contribution in [-0.2, 0) is 0 Å². The van der Waals surface area contributed by atoms with E-state index in [1.807, 2.05) is 54.6 Å². The summed E-state index contributed by atoms with van der Waals surface area (Å²) >= 11 is 0. The molecule has 696 valence electrons. The number of pyridine rings is 4. The van der Waals surface area contributed by atoms with Crippen molar-refractivity contribution in [2.75, 3.05) is 88.3 Å². The zero-order valence-electron chi connectivity index (χ0n) is 71.2. The van der Waals surface area contributed by atoms with Crippen LogP contribution in [0.3, 0.4) is 0 Å². The highest BCUT2D eigenvalue weighted by molar-refractivity contribution is 5.98. The van der Waals surface area contributed by atoms with Crippen molar-refractivity contribution in [3.05, 3.63) is 342 Å². The maximum atomic E-state index is 14.8. The summed E-state index contributed by atoms with van der Waals surface area (Å²) < 4.78 is 155. The molecule has 0 unspecified atom stereocenters. The van der Waals surface area contributed by atoms with Gasteiger partial charge in [-0.2, -0.15) is 19.9 Å². The Hall–Kier alpha value is -16.1. The van der Waals surface area contributed by atoms with Crippen molar-refractivity contribution >= 4 is 67.9 Å². The first kappa shape index (κ1) is 96.0. The average molecular weight is 1870 g/mol. The number of hydrogen-bond acceptors (Lipinski definition) is 26. The predicted octanol–water partition coefficient (Wildman–Crippen LogP) is 11.9. The highest BCUT2D eigenvalue weighted by Crippen LogP contribution is 2.39. The summed E-state index contributed by atoms with van der Waals surface area (Å²) in [5, 5.41) is 88.4. The van der Waals surface area contributed by atoms with E-state index in [1.54, 1.807) is 54.6 Å². The molecule has 0 saturated carbocycles. The number of aliphatic hydroxyl groups is 8. The van der Waals surface area contributed by atoms with Crippen LogP contribution in [0.15, 0.2) is 262 Å². The molecule has 136 heavy (non-hydrogen) atoms. The van der Waals surface area contributed by atoms with Gasteiger partial charge in [-0.25, -0.2) is 63.8 Å². The van der Waals surface area contributed by atoms with Gasteiger partial charge >= 0.3 is 0 Å². The standard InChI is InChI=1S/C28H22F2N4O3.2C23H20F2N4O4.C22H16F4N4O3/c29-18-10-12-24(23(30)14-18)34-25(37)13-11-22-26(32-28(33-27(22)34)31-19(15-35)16-36)21-9-5-4-8-20(21)17-6-2-1-3-7-17;1-33-16-5-2-13(3-6-16)21-17-7-9-20(32)29(19-8-4-14(24)10-18(19)25)22(17)28-23(27-21)26-15(11-30)12-31;1-33-19-5-3-2-4-15(19)21-16-7-9-20(32)29(18-8-6-13(24)10-17(18)25)22(16)28-23(27-21)26-14(11-30)12-31;23-12-2-5-18(17(26)8-12)30-19(33)6-3-14-20(11-1-4-15(24)16(25)7-11)28-22(29-21(14)30)27-13(9-31)10-32/h1-14,19,35-36H,15-16H2,(H,31,32,33);2-10,15,30-31H,11-12H2,1H3,(H,26,27,28);2-10,14,30-31H,11-12H2,1H3,(H,26,27,28);1-8,13,31-32H,9-10H2,(H,27,28,29). The average Bonchev–Trinajstić information content (AvgIpc) is 0.759. The molecule has 0 bridgehead atoms. The number of ether oxygens (including phenoxy) is 2. The Morgan fingerprint density at radius 3 is 0.904 bits per heavy atom. The molecule has 0 atom stereocenters. The molecule has 0 amide bonds. The normalized spacial score (nSPS) is 11.3. The lowest BCUT2D eigenvalue weighted by molar-refractivity contribution is 0.203. The number of rotatable bonds is 27. The lowest BCUT2D eigenvalue weighted by Gasteiger charge is -2.18. The smallest absolute Gasteiger partial charge is 0.256 e. The van der Waals surface area contributed by atoms with E-state index in [2.05, 4.69) is 61.1 Å². The lowest BCUT2D eigenvalue weighted by atomic mass is 9.96. The minimum absolute atomic E-state index is 0.00304. The largest absolute Gasteiger partial charge is 0.497 e. The van der Waals surface area contributed by atoms with E-state index in [1.165, 1.54) is 62.8 Å². The van der Waals surface area contributed by atoms with Crippen molar-refractivity contribution in [1.29, 1.82) is 0 Å². The molecule has 0 fully saturated rings. The summed E-state index contributed by atoms with van der Waals surface area (Å²) in [4.78, 5) is 86.7. The van der Waals surface area contributed by atoms with Crippen LogP contribution in [0.5, 0.6) is 11.5 Å². The van der Waals surface area contributed by atoms with Crippen LogP contribution < -0.4 is 53.0 Å². The topological polar surface area (TPSA) is 420 Å². The molecule has 17 rings (SSSR count). The third kappa shape index (κ3) is 21.0. The van der Waals surface area contributed by atoms with Gasteiger partial charge in [-0.3, -0.25) is 37.4 Å². The number of aromatic nitrogens is 12. The fourth-order valence-electron chi connectivity index (χ4n) is 14.3. The SMILES string of the molecule is COc1ccc(-c2nc(NC(CO)CO)nc3c2ccc(=O)n3-c2ccc(F)cc2F)cc1.COc1ccccc1-c1nc(NC(CO)CO)nc2c1ccc(=O)n2-c1ccc(F)cc1F.O=c1ccc2c(-c3ccc(F)c(F)c3)nc(NC(CO)CO)nc2n1-c1ccc(F)cc1F.O=c1ccc2c(-c3ccccc3-c3ccccc3)nc(NC(CO)CO)nc2n1-c1ccc(F)cc1F. The van der Waals surface area contributed by atoms with Gasteiger partial charge in [-0.05, 0) is 139 Å². The van der Waals surface area contributed by atoms with Crippen LogP contribution in [0, 0.1) is 58.2 Å². The number of aliphatic hydroxyl groups excluding tert-OH is 8. The van der Waals surface area contributed by atoms with E-state index >= 15 is 0 Å². The molecule has 0 aliphatic carbocycles. The van der Waals surface area contributed by atoms with E-state index in [-0.39, 0.29) is 85.8 Å². The van der Waals surface area contributed by atoms with Crippen molar-refractivity contribution < 1.29 is 94.2 Å². The quantitative estimate of drug-likeness (QED) is 0.0213. The first-order chi connectivity index (χ1) is 65.7. The number of benzene rings is 9. The van der Waals surface area contributed by atoms with Gasteiger partial charge in [-0.15, -0.1) is 0 Å². The van der Waals surface area contributed by atoms with Crippen molar-refractivity contribution in [1.82, 2.24) is 58.1 Å². The van der Waals surface area contributed by atoms with Crippen LogP contribution >= 0.6 is 0 Å². The summed E-state index contributed by atoms with van der Waals surface area (Å²) in [7, 11) is 3.04. The molecule has 0 spiro atoms. The summed E-state index contributed by atoms with van der Waals surface area (Å²) in [6.45, 7) is -3.40. The fraction of sp³-hybridized carbons (Fsp3) is 0.146. The first-order valence-corrected chi connectivity index (χ1v) is 41.1. The van der Waals surface area contributed by atoms with Crippen LogP contribution in [-0.4, -0.2) is 190 Å². The molecule has 17 aromatic rings. The van der Waals surface area contributed by atoms with Crippen LogP contribution in [0.2, 0.25) is 0 Å². The predicted molar refractivity (Wildman–Crippen MR) is 487 cm³/mol. The number of nitrogens with one attached hydrogen (secondary N) is 4. The van der Waals surface area contributed by atoms with Gasteiger partial charge in [0.25, 0.3) is 22.2 Å². The van der Waals surface area contributed by atoms with Crippen LogP contribution in [0.25, 0.3) is 123 Å². The molecular formula is C96H78F10N16O14. The summed E-state index contributed by atoms with van der Waals surface area (Å²) in [5.41, 5.74) is 1.90. The minimum atomic E-state index is -1.14. The monoisotopic (exact) mass is 1870 g/mol. The maximum Gasteiger partial charge on any atom is 0.256 e. The highest BCUT2D eigenvalue weighted by Gasteiger charge is 2.27. The van der Waals surface area contributed by atoms with E-state index < -0.39 is 157 Å². The van der Waals surface area contributed by atoms with Crippen molar-refractivity contribution in [3.63, 3.8) is 0 Å². The van der Waals surface area contributed by atoms with E-state index in [0.29, 0.717) is 80.1 Å². The van der Waals surface area contributed by atoms with Crippen LogP contribution in [0.4, 0.5) is 67.7 Å². The molecular weight excluding hydrogens is 1790 g/mol. The molecule has 8 heterocycles. The second-order valence-corrected chi connectivity index (χ2v) is 29.7. The number of anilines is 4. The van der Waals surface area contributed by atoms with E-state index in [9.17, 15) is 104 Å². The van der Waals surface area contributed by atoms with Crippen molar-refractivity contribution in [2.45, 2.75) is 24.2 Å². The van der Waals surface area contributed by atoms with Gasteiger partial charge in [0.2, 0.25) is 23.8 Å². The van der Waals surface area contributed by atoms with Gasteiger partial charge in [0.15, 0.2) is 34.2 Å². The molecule has 0 saturated heterocycles. The Kier molecular flexibility index (Phi) is 30.4. The Morgan fingerprint density at radius 1 is 0.272 bits per heavy atom. The van der Waals surface area contributed by atoms with E-state index in [4.69, 9.17) is 9.47 Å². The summed E-state index contributed by atoms with van der Waals surface area (Å²) in [6.07, 6.45) is 0. The fourth-order valence-corrected chi connectivity index (χ4v) is 14.3. The summed E-state index contributed by atoms with van der Waals surface area (Å²) in [5.74, 6) is -8.33. The molecule has 0 radical (unpaired) electrons. The first-order valence-electron chi connectivity index (χ1n) is 41.1. The molecule has 9 aromatic carbocycles. The maximum absolute atomic E-state index is 14.8. The minimum Gasteiger partial charge on any atom is -0.497 e. The van der Waals surface area contributed by atoms with Crippen LogP contribution in [0.1, 0.15) is 0 Å². The zero-order valence-corrected chi connectivity index (χ0v) is 71.2. The zero-order chi connectivity index (χ0) is 96.7. The Balaban J connectivity index is 0.000000145. The Bertz CT molecular complexity index is 7530. The Labute approximate surface area is 762 Å². The third-order valence-electron chi connectivity index (χ3n) is 20.9. The van der Waals surface area contributed by atoms with Gasteiger partial charge in [-0.1, -0.05) is 66.7 Å². The van der Waals surface area contributed by atoms with Gasteiger partial charge in [0.05, 0.1) is 137 Å². The third-order valence-corrected chi connectivity index (χ3v) is 20.9. The second kappa shape index (κ2) is 43.1. The van der Waals surface area contributed by atoms with Gasteiger partial charge < -0.3 is 71.6 Å². The highest BCUT2D eigenvalue weighted by atomic mass is 19.2. The number of fused-ring (bicyclic) bond motifs is 4.